The van der Waals surface area contributed by atoms with Crippen LogP contribution in [-0.4, -0.2) is 22.5 Å². The fraction of sp³-hybridized carbons (Fsp3) is 0.833. The maximum atomic E-state index is 11.8. The summed E-state index contributed by atoms with van der Waals surface area (Å²) in [5.41, 5.74) is 0. The minimum absolute atomic E-state index is 0.0394. The van der Waals surface area contributed by atoms with Gasteiger partial charge in [-0.15, -0.1) is 8.96 Å². The number of hydrogen-bond acceptors (Lipinski definition) is 2. The fourth-order valence-electron chi connectivity index (χ4n) is 0.711. The molecule has 0 saturated heterocycles. The quantitative estimate of drug-likeness (QED) is 0.646. The Balaban J connectivity index is 4.01. The molecule has 0 aromatic heterocycles. The molecule has 0 spiro atoms. The summed E-state index contributed by atoms with van der Waals surface area (Å²) in [6.45, 7) is 3.39. The van der Waals surface area contributed by atoms with Gasteiger partial charge in [-0.05, 0) is 12.3 Å². The molecule has 0 aliphatic carbocycles. The lowest BCUT2D eigenvalue weighted by molar-refractivity contribution is -0.203. The van der Waals surface area contributed by atoms with Gasteiger partial charge in [-0.1, -0.05) is 13.8 Å². The van der Waals surface area contributed by atoms with Gasteiger partial charge in [-0.3, -0.25) is 4.79 Å². The van der Waals surface area contributed by atoms with Gasteiger partial charge in [0.2, 0.25) is 0 Å². The summed E-state index contributed by atoms with van der Waals surface area (Å²) in [5.74, 6) is -1.53. The molecule has 0 bridgehead atoms. The van der Waals surface area contributed by atoms with Crippen molar-refractivity contribution in [2.45, 2.75) is 26.3 Å². The van der Waals surface area contributed by atoms with Gasteiger partial charge >= 0.3 is 5.97 Å². The highest BCUT2D eigenvalue weighted by atomic mass is 19.4. The maximum absolute atomic E-state index is 11.8. The van der Waals surface area contributed by atoms with Gasteiger partial charge in [0.05, 0.1) is 0 Å². The number of aliphatic carboxylic acids is 1. The van der Waals surface area contributed by atoms with E-state index in [1.807, 2.05) is 0 Å². The Hall–Kier alpha value is -0.710. The average Bonchev–Trinajstić information content (AvgIpc) is 1.81. The van der Waals surface area contributed by atoms with Crippen molar-refractivity contribution in [3.63, 3.8) is 0 Å². The maximum Gasteiger partial charge on any atom is 0.326 e. The molecular weight excluding hydrogens is 156 g/mol. The molecule has 0 aromatic carbocycles. The molecule has 66 valence electrons. The van der Waals surface area contributed by atoms with Crippen molar-refractivity contribution >= 4 is 5.97 Å². The molecule has 0 radical (unpaired) electrons. The first-order valence-electron chi connectivity index (χ1n) is 3.28. The third-order valence-electron chi connectivity index (χ3n) is 1.22. The SMILES string of the molecule is CC(C)C[C@@H](C(=O)O)N(F)F. The molecule has 0 rings (SSSR count). The third kappa shape index (κ3) is 3.87. The molecule has 1 atom stereocenters. The molecule has 0 amide bonds. The van der Waals surface area contributed by atoms with Crippen molar-refractivity contribution in [3.05, 3.63) is 0 Å². The lowest BCUT2D eigenvalue weighted by atomic mass is 10.1. The van der Waals surface area contributed by atoms with E-state index in [-0.39, 0.29) is 12.3 Å². The van der Waals surface area contributed by atoms with E-state index in [2.05, 4.69) is 0 Å². The van der Waals surface area contributed by atoms with Gasteiger partial charge in [0, 0.05) is 5.34 Å². The van der Waals surface area contributed by atoms with Gasteiger partial charge in [0.1, 0.15) is 0 Å². The molecule has 0 aliphatic heterocycles. The Morgan fingerprint density at radius 3 is 2.09 bits per heavy atom. The largest absolute Gasteiger partial charge is 0.480 e. The van der Waals surface area contributed by atoms with Crippen molar-refractivity contribution < 1.29 is 18.9 Å². The first kappa shape index (κ1) is 10.3. The predicted octanol–water partition coefficient (Wildman–Crippen LogP) is 1.56. The van der Waals surface area contributed by atoms with E-state index in [1.54, 1.807) is 13.8 Å². The predicted molar refractivity (Wildman–Crippen MR) is 34.9 cm³/mol. The molecule has 0 unspecified atom stereocenters. The number of nitrogens with zero attached hydrogens (tertiary/aromatic N) is 1. The Bertz CT molecular complexity index is 139. The van der Waals surface area contributed by atoms with Crippen LogP contribution in [0.1, 0.15) is 20.3 Å². The normalized spacial score (nSPS) is 14.0. The number of rotatable bonds is 4. The van der Waals surface area contributed by atoms with Gasteiger partial charge in [0.15, 0.2) is 6.04 Å². The first-order valence-corrected chi connectivity index (χ1v) is 3.28. The Morgan fingerprint density at radius 2 is 2.00 bits per heavy atom. The van der Waals surface area contributed by atoms with Crippen molar-refractivity contribution in [2.75, 3.05) is 0 Å². The second-order valence-electron chi connectivity index (χ2n) is 2.74. The zero-order valence-electron chi connectivity index (χ0n) is 6.42. The van der Waals surface area contributed by atoms with Crippen molar-refractivity contribution in [3.8, 4) is 0 Å². The summed E-state index contributed by atoms with van der Waals surface area (Å²) in [7, 11) is 0. The van der Waals surface area contributed by atoms with Crippen LogP contribution in [0.2, 0.25) is 0 Å². The lowest BCUT2D eigenvalue weighted by Crippen LogP contribution is -2.31. The summed E-state index contributed by atoms with van der Waals surface area (Å²) >= 11 is 0. The van der Waals surface area contributed by atoms with Crippen LogP contribution in [0.15, 0.2) is 0 Å². The molecule has 0 heterocycles. The summed E-state index contributed by atoms with van der Waals surface area (Å²) in [4.78, 5) is 10.2. The Labute approximate surface area is 63.5 Å². The van der Waals surface area contributed by atoms with E-state index < -0.39 is 17.4 Å². The van der Waals surface area contributed by atoms with Crippen molar-refractivity contribution in [1.29, 1.82) is 0 Å². The number of carbonyl (C=O) groups is 1. The monoisotopic (exact) mass is 167 g/mol. The van der Waals surface area contributed by atoms with Crippen LogP contribution in [0.5, 0.6) is 0 Å². The third-order valence-corrected chi connectivity index (χ3v) is 1.22. The highest BCUT2D eigenvalue weighted by Crippen LogP contribution is 2.12. The van der Waals surface area contributed by atoms with E-state index in [1.165, 1.54) is 0 Å². The summed E-state index contributed by atoms with van der Waals surface area (Å²) in [6, 6.07) is -1.67. The lowest BCUT2D eigenvalue weighted by Gasteiger charge is -2.13. The molecule has 0 fully saturated rings. The summed E-state index contributed by atoms with van der Waals surface area (Å²) in [5, 5.41) is 7.01. The zero-order chi connectivity index (χ0) is 9.02. The van der Waals surface area contributed by atoms with Crippen LogP contribution < -0.4 is 0 Å². The van der Waals surface area contributed by atoms with Crippen LogP contribution in [0.4, 0.5) is 8.96 Å². The molecule has 0 aliphatic rings. The highest BCUT2D eigenvalue weighted by molar-refractivity contribution is 5.72. The van der Waals surface area contributed by atoms with E-state index >= 15 is 0 Å². The highest BCUT2D eigenvalue weighted by Gasteiger charge is 2.26. The van der Waals surface area contributed by atoms with E-state index in [4.69, 9.17) is 5.11 Å². The van der Waals surface area contributed by atoms with Crippen molar-refractivity contribution in [1.82, 2.24) is 5.34 Å². The van der Waals surface area contributed by atoms with Gasteiger partial charge in [0.25, 0.3) is 0 Å². The molecule has 5 heteroatoms. The van der Waals surface area contributed by atoms with E-state index in [0.29, 0.717) is 0 Å². The Kier molecular flexibility index (Phi) is 3.95. The first-order chi connectivity index (χ1) is 4.95. The minimum Gasteiger partial charge on any atom is -0.480 e. The van der Waals surface area contributed by atoms with Gasteiger partial charge in [-0.25, -0.2) is 0 Å². The molecule has 1 N–H and O–H groups in total. The minimum atomic E-state index is -1.67. The van der Waals surface area contributed by atoms with Crippen LogP contribution in [0.3, 0.4) is 0 Å². The zero-order valence-corrected chi connectivity index (χ0v) is 6.42. The Morgan fingerprint density at radius 1 is 1.55 bits per heavy atom. The molecular formula is C6H11F2NO2. The van der Waals surface area contributed by atoms with Crippen LogP contribution in [0, 0.1) is 5.92 Å². The van der Waals surface area contributed by atoms with E-state index in [0.717, 1.165) is 0 Å². The molecule has 11 heavy (non-hydrogen) atoms. The number of hydrogen-bond donors (Lipinski definition) is 1. The van der Waals surface area contributed by atoms with Crippen LogP contribution in [-0.2, 0) is 4.79 Å². The molecule has 0 aromatic rings. The fourth-order valence-corrected chi connectivity index (χ4v) is 0.711. The smallest absolute Gasteiger partial charge is 0.326 e. The van der Waals surface area contributed by atoms with Gasteiger partial charge < -0.3 is 5.11 Å². The summed E-state index contributed by atoms with van der Waals surface area (Å²) in [6.07, 6.45) is -0.0394. The average molecular weight is 167 g/mol. The molecule has 0 saturated carbocycles. The topological polar surface area (TPSA) is 40.5 Å². The van der Waals surface area contributed by atoms with Gasteiger partial charge in [-0.2, -0.15) is 0 Å². The standard InChI is InChI=1S/C6H11F2NO2/c1-4(2)3-5(6(10)11)9(7)8/h4-5H,3H2,1-2H3,(H,10,11)/t5-/m0/s1. The summed E-state index contributed by atoms with van der Waals surface area (Å²) < 4.78 is 23.5. The second-order valence-corrected chi connectivity index (χ2v) is 2.74. The van der Waals surface area contributed by atoms with Crippen molar-refractivity contribution in [2.24, 2.45) is 5.92 Å². The second kappa shape index (κ2) is 4.23. The number of carboxylic acids is 1. The molecule has 3 nitrogen and oxygen atoms in total. The van der Waals surface area contributed by atoms with Crippen LogP contribution in [0.25, 0.3) is 0 Å². The number of halogens is 2. The number of carboxylic acid groups (broad SMARTS) is 1. The van der Waals surface area contributed by atoms with E-state index in [9.17, 15) is 13.8 Å². The van der Waals surface area contributed by atoms with Crippen LogP contribution >= 0.6 is 0 Å².